The first-order valence-corrected chi connectivity index (χ1v) is 11.4. The summed E-state index contributed by atoms with van der Waals surface area (Å²) in [4.78, 5) is 24.8. The van der Waals surface area contributed by atoms with E-state index in [0.29, 0.717) is 17.3 Å². The Hall–Kier alpha value is -3.28. The van der Waals surface area contributed by atoms with Crippen LogP contribution >= 0.6 is 0 Å². The van der Waals surface area contributed by atoms with Crippen molar-refractivity contribution in [2.75, 3.05) is 11.9 Å². The van der Waals surface area contributed by atoms with Crippen molar-refractivity contribution < 1.29 is 9.53 Å². The van der Waals surface area contributed by atoms with E-state index in [-0.39, 0.29) is 28.9 Å². The standard InChI is InChI=1S/C27H35N3O3/c1-7-27(5,6)20-13-14-22(19(15-20)17-26(2,3)4)33-18-24(31)28-23-16-25(32)30(29-23)21-11-9-8-10-12-21/h8-16,29H,7,17-18H2,1-6H3,(H,28,31). The highest BCUT2D eigenvalue weighted by Crippen LogP contribution is 2.34. The molecule has 1 amide bonds. The molecular weight excluding hydrogens is 414 g/mol. The number of nitrogens with zero attached hydrogens (tertiary/aromatic N) is 1. The maximum absolute atomic E-state index is 12.5. The molecule has 6 heteroatoms. The van der Waals surface area contributed by atoms with Crippen LogP contribution in [-0.4, -0.2) is 22.3 Å². The summed E-state index contributed by atoms with van der Waals surface area (Å²) in [5.74, 6) is 0.703. The van der Waals surface area contributed by atoms with Gasteiger partial charge in [0.2, 0.25) is 0 Å². The van der Waals surface area contributed by atoms with Gasteiger partial charge in [-0.05, 0) is 53.0 Å². The first-order chi connectivity index (χ1) is 15.5. The topological polar surface area (TPSA) is 76.1 Å². The van der Waals surface area contributed by atoms with Crippen molar-refractivity contribution in [2.24, 2.45) is 5.41 Å². The van der Waals surface area contributed by atoms with Crippen LogP contribution in [0, 0.1) is 5.41 Å². The summed E-state index contributed by atoms with van der Waals surface area (Å²) < 4.78 is 7.31. The van der Waals surface area contributed by atoms with Crippen LogP contribution in [0.5, 0.6) is 5.75 Å². The van der Waals surface area contributed by atoms with E-state index in [9.17, 15) is 9.59 Å². The van der Waals surface area contributed by atoms with Crippen molar-refractivity contribution in [3.8, 4) is 11.4 Å². The zero-order valence-electron chi connectivity index (χ0n) is 20.5. The molecule has 0 radical (unpaired) electrons. The van der Waals surface area contributed by atoms with Gasteiger partial charge in [0.15, 0.2) is 6.61 Å². The largest absolute Gasteiger partial charge is 0.483 e. The van der Waals surface area contributed by atoms with Gasteiger partial charge in [0.05, 0.1) is 5.69 Å². The smallest absolute Gasteiger partial charge is 0.273 e. The van der Waals surface area contributed by atoms with Crippen LogP contribution in [-0.2, 0) is 16.6 Å². The molecule has 0 aliphatic heterocycles. The normalized spacial score (nSPS) is 11.9. The number of hydrogen-bond acceptors (Lipinski definition) is 3. The number of carbonyl (C=O) groups excluding carboxylic acids is 1. The molecule has 0 spiro atoms. The van der Waals surface area contributed by atoms with E-state index in [2.05, 4.69) is 64.1 Å². The number of aromatic amines is 1. The second-order valence-corrected chi connectivity index (χ2v) is 10.3. The fourth-order valence-electron chi connectivity index (χ4n) is 3.61. The summed E-state index contributed by atoms with van der Waals surface area (Å²) in [6.07, 6.45) is 1.87. The first kappa shape index (κ1) is 24.4. The molecule has 2 aromatic carbocycles. The Labute approximate surface area is 196 Å². The van der Waals surface area contributed by atoms with Gasteiger partial charge in [-0.1, -0.05) is 71.9 Å². The third-order valence-corrected chi connectivity index (χ3v) is 5.81. The minimum absolute atomic E-state index is 0.0698. The van der Waals surface area contributed by atoms with Crippen molar-refractivity contribution in [3.05, 3.63) is 76.1 Å². The third kappa shape index (κ3) is 6.37. The summed E-state index contributed by atoms with van der Waals surface area (Å²) in [6, 6.07) is 16.8. The van der Waals surface area contributed by atoms with Crippen LogP contribution in [0.15, 0.2) is 59.4 Å². The molecule has 0 fully saturated rings. The van der Waals surface area contributed by atoms with Crippen LogP contribution in [0.2, 0.25) is 0 Å². The number of benzene rings is 2. The predicted octanol–water partition coefficient (Wildman–Crippen LogP) is 5.46. The Bertz CT molecular complexity index is 1150. The van der Waals surface area contributed by atoms with E-state index in [4.69, 9.17) is 4.74 Å². The number of carbonyl (C=O) groups is 1. The minimum atomic E-state index is -0.337. The molecule has 1 aromatic heterocycles. The molecule has 3 rings (SSSR count). The molecule has 6 nitrogen and oxygen atoms in total. The first-order valence-electron chi connectivity index (χ1n) is 11.4. The average molecular weight is 450 g/mol. The van der Waals surface area contributed by atoms with Gasteiger partial charge in [0, 0.05) is 6.07 Å². The number of H-pyrrole nitrogens is 1. The maximum atomic E-state index is 12.5. The summed E-state index contributed by atoms with van der Waals surface area (Å²) in [5.41, 5.74) is 2.95. The molecule has 176 valence electrons. The van der Waals surface area contributed by atoms with Crippen LogP contribution in [0.3, 0.4) is 0 Å². The zero-order valence-corrected chi connectivity index (χ0v) is 20.5. The summed E-state index contributed by atoms with van der Waals surface area (Å²) >= 11 is 0. The highest BCUT2D eigenvalue weighted by molar-refractivity contribution is 5.90. The zero-order chi connectivity index (χ0) is 24.2. The molecule has 0 atom stereocenters. The predicted molar refractivity (Wildman–Crippen MR) is 133 cm³/mol. The van der Waals surface area contributed by atoms with E-state index in [1.807, 2.05) is 36.4 Å². The molecular formula is C27H35N3O3. The molecule has 0 unspecified atom stereocenters. The maximum Gasteiger partial charge on any atom is 0.273 e. The molecule has 0 bridgehead atoms. The fourth-order valence-corrected chi connectivity index (χ4v) is 3.61. The van der Waals surface area contributed by atoms with Gasteiger partial charge >= 0.3 is 0 Å². The van der Waals surface area contributed by atoms with E-state index in [0.717, 1.165) is 18.4 Å². The lowest BCUT2D eigenvalue weighted by molar-refractivity contribution is -0.118. The average Bonchev–Trinajstić information content (AvgIpc) is 3.12. The van der Waals surface area contributed by atoms with E-state index in [1.54, 1.807) is 0 Å². The van der Waals surface area contributed by atoms with Crippen molar-refractivity contribution in [1.29, 1.82) is 0 Å². The molecule has 0 saturated carbocycles. The Balaban J connectivity index is 1.72. The van der Waals surface area contributed by atoms with Crippen molar-refractivity contribution >= 4 is 11.7 Å². The molecule has 2 N–H and O–H groups in total. The van der Waals surface area contributed by atoms with Gasteiger partial charge in [0.1, 0.15) is 11.6 Å². The van der Waals surface area contributed by atoms with Gasteiger partial charge in [-0.15, -0.1) is 0 Å². The van der Waals surface area contributed by atoms with E-state index < -0.39 is 0 Å². The van der Waals surface area contributed by atoms with Gasteiger partial charge in [-0.2, -0.15) is 0 Å². The van der Waals surface area contributed by atoms with Crippen molar-refractivity contribution in [3.63, 3.8) is 0 Å². The van der Waals surface area contributed by atoms with Gasteiger partial charge < -0.3 is 10.1 Å². The second kappa shape index (κ2) is 9.69. The molecule has 3 aromatic rings. The lowest BCUT2D eigenvalue weighted by atomic mass is 9.79. The van der Waals surface area contributed by atoms with Gasteiger partial charge in [-0.25, -0.2) is 4.68 Å². The SMILES string of the molecule is CCC(C)(C)c1ccc(OCC(=O)Nc2cc(=O)n(-c3ccccc3)[nH]2)c(CC(C)(C)C)c1. The summed E-state index contributed by atoms with van der Waals surface area (Å²) in [5, 5.41) is 5.63. The molecule has 1 heterocycles. The lowest BCUT2D eigenvalue weighted by Gasteiger charge is -2.27. The number of nitrogens with one attached hydrogen (secondary N) is 2. The van der Waals surface area contributed by atoms with Crippen LogP contribution in [0.1, 0.15) is 59.1 Å². The van der Waals surface area contributed by atoms with E-state index >= 15 is 0 Å². The molecule has 33 heavy (non-hydrogen) atoms. The molecule has 0 saturated heterocycles. The Morgan fingerprint density at radius 2 is 1.73 bits per heavy atom. The summed E-state index contributed by atoms with van der Waals surface area (Å²) in [6.45, 7) is 13.1. The summed E-state index contributed by atoms with van der Waals surface area (Å²) in [7, 11) is 0. The van der Waals surface area contributed by atoms with Crippen LogP contribution < -0.4 is 15.6 Å². The molecule has 0 aliphatic rings. The fraction of sp³-hybridized carbons (Fsp3) is 0.407. The monoisotopic (exact) mass is 449 g/mol. The quantitative estimate of drug-likeness (QED) is 0.479. The number of rotatable bonds is 8. The Morgan fingerprint density at radius 3 is 2.36 bits per heavy atom. The van der Waals surface area contributed by atoms with Crippen LogP contribution in [0.4, 0.5) is 5.82 Å². The van der Waals surface area contributed by atoms with Crippen molar-refractivity contribution in [1.82, 2.24) is 9.78 Å². The van der Waals surface area contributed by atoms with E-state index in [1.165, 1.54) is 16.3 Å². The molecule has 0 aliphatic carbocycles. The second-order valence-electron chi connectivity index (χ2n) is 10.3. The Kier molecular flexibility index (Phi) is 7.15. The number of anilines is 1. The third-order valence-electron chi connectivity index (χ3n) is 5.81. The minimum Gasteiger partial charge on any atom is -0.483 e. The highest BCUT2D eigenvalue weighted by Gasteiger charge is 2.22. The number of hydrogen-bond donors (Lipinski definition) is 2. The van der Waals surface area contributed by atoms with Crippen molar-refractivity contribution in [2.45, 2.75) is 59.8 Å². The van der Waals surface area contributed by atoms with Gasteiger partial charge in [0.25, 0.3) is 11.5 Å². The van der Waals surface area contributed by atoms with Crippen LogP contribution in [0.25, 0.3) is 5.69 Å². The Morgan fingerprint density at radius 1 is 1.03 bits per heavy atom. The lowest BCUT2D eigenvalue weighted by Crippen LogP contribution is -2.22. The number of amides is 1. The van der Waals surface area contributed by atoms with Gasteiger partial charge in [-0.3, -0.25) is 14.7 Å². The number of para-hydroxylation sites is 1. The number of ether oxygens (including phenoxy) is 1. The number of aromatic nitrogens is 2. The highest BCUT2D eigenvalue weighted by atomic mass is 16.5.